The zero-order chi connectivity index (χ0) is 15.4. The molecule has 7 heteroatoms. The first kappa shape index (κ1) is 15.3. The normalized spacial score (nSPS) is 21.3. The summed E-state index contributed by atoms with van der Waals surface area (Å²) >= 11 is 0. The van der Waals surface area contributed by atoms with E-state index in [-0.39, 0.29) is 18.0 Å². The molecule has 0 aliphatic carbocycles. The van der Waals surface area contributed by atoms with Gasteiger partial charge in [0.25, 0.3) is 5.95 Å². The second-order valence-corrected chi connectivity index (χ2v) is 4.49. The minimum Gasteiger partial charge on any atom is -0.481 e. The molecule has 1 atom stereocenters. The maximum Gasteiger partial charge on any atom is 0.363 e. The lowest BCUT2D eigenvalue weighted by Gasteiger charge is -2.18. The summed E-state index contributed by atoms with van der Waals surface area (Å²) in [6.07, 6.45) is -0.644. The number of carbonyl (C=O) groups is 1. The monoisotopic (exact) mass is 296 g/mol. The van der Waals surface area contributed by atoms with Crippen molar-refractivity contribution in [1.29, 1.82) is 0 Å². The van der Waals surface area contributed by atoms with Gasteiger partial charge in [-0.3, -0.25) is 5.32 Å². The van der Waals surface area contributed by atoms with Crippen LogP contribution < -0.4 is 5.32 Å². The molecule has 1 saturated heterocycles. The standard InChI is InChI=1S/C14H17FN2O4/c1-3-20-13(18)11-12(17(2)21-14(11)19)16-8-9-4-6-10(15)7-5-9/h4-7,12,16,18H,3,8H2,1-2H3/b13-11+. The third-order valence-corrected chi connectivity index (χ3v) is 3.01. The van der Waals surface area contributed by atoms with Crippen molar-refractivity contribution in [3.8, 4) is 0 Å². The molecular weight excluding hydrogens is 279 g/mol. The van der Waals surface area contributed by atoms with Crippen LogP contribution in [0.5, 0.6) is 0 Å². The maximum atomic E-state index is 12.8. The Balaban J connectivity index is 2.10. The number of likely N-dealkylation sites (N-methyl/N-ethyl adjacent to an activating group) is 1. The van der Waals surface area contributed by atoms with Gasteiger partial charge < -0.3 is 14.7 Å². The van der Waals surface area contributed by atoms with Gasteiger partial charge in [-0.25, -0.2) is 9.18 Å². The second-order valence-electron chi connectivity index (χ2n) is 4.49. The van der Waals surface area contributed by atoms with Crippen LogP contribution in [0, 0.1) is 5.82 Å². The van der Waals surface area contributed by atoms with Gasteiger partial charge in [-0.15, -0.1) is 5.06 Å². The van der Waals surface area contributed by atoms with E-state index < -0.39 is 18.1 Å². The molecule has 0 amide bonds. The molecule has 1 fully saturated rings. The van der Waals surface area contributed by atoms with Gasteiger partial charge in [0.15, 0.2) is 5.57 Å². The minimum absolute atomic E-state index is 0.0152. The predicted octanol–water partition coefficient (Wildman–Crippen LogP) is 1.45. The summed E-state index contributed by atoms with van der Waals surface area (Å²) in [5, 5.41) is 14.1. The van der Waals surface area contributed by atoms with Crippen molar-refractivity contribution in [3.05, 3.63) is 47.2 Å². The minimum atomic E-state index is -0.667. The highest BCUT2D eigenvalue weighted by molar-refractivity contribution is 5.91. The topological polar surface area (TPSA) is 71.0 Å². The lowest BCUT2D eigenvalue weighted by atomic mass is 10.2. The molecule has 0 spiro atoms. The Kier molecular flexibility index (Phi) is 4.77. The molecule has 0 aromatic heterocycles. The maximum absolute atomic E-state index is 12.8. The molecule has 21 heavy (non-hydrogen) atoms. The van der Waals surface area contributed by atoms with E-state index in [1.54, 1.807) is 26.1 Å². The van der Waals surface area contributed by atoms with Crippen LogP contribution in [0.25, 0.3) is 0 Å². The molecular formula is C14H17FN2O4. The predicted molar refractivity (Wildman–Crippen MR) is 72.2 cm³/mol. The van der Waals surface area contributed by atoms with Crippen molar-refractivity contribution < 1.29 is 23.9 Å². The van der Waals surface area contributed by atoms with Crippen LogP contribution >= 0.6 is 0 Å². The number of hydroxylamine groups is 2. The zero-order valence-electron chi connectivity index (χ0n) is 11.8. The highest BCUT2D eigenvalue weighted by Gasteiger charge is 2.39. The SMILES string of the molecule is CCO/C(O)=C1/C(=O)ON(C)C1NCc1ccc(F)cc1. The molecule has 6 nitrogen and oxygen atoms in total. The molecule has 114 valence electrons. The van der Waals surface area contributed by atoms with Gasteiger partial charge in [-0.05, 0) is 24.6 Å². The summed E-state index contributed by atoms with van der Waals surface area (Å²) < 4.78 is 17.8. The molecule has 1 aromatic carbocycles. The van der Waals surface area contributed by atoms with Crippen molar-refractivity contribution in [3.63, 3.8) is 0 Å². The summed E-state index contributed by atoms with van der Waals surface area (Å²) in [5.74, 6) is -1.44. The number of benzene rings is 1. The number of hydrogen-bond acceptors (Lipinski definition) is 6. The number of carbonyl (C=O) groups excluding carboxylic acids is 1. The lowest BCUT2D eigenvalue weighted by Crippen LogP contribution is -2.39. The fraction of sp³-hybridized carbons (Fsp3) is 0.357. The number of rotatable bonds is 5. The Morgan fingerprint density at radius 3 is 2.76 bits per heavy atom. The van der Waals surface area contributed by atoms with E-state index >= 15 is 0 Å². The lowest BCUT2D eigenvalue weighted by molar-refractivity contribution is -0.169. The molecule has 0 bridgehead atoms. The highest BCUT2D eigenvalue weighted by atomic mass is 19.1. The summed E-state index contributed by atoms with van der Waals surface area (Å²) in [4.78, 5) is 16.7. The smallest absolute Gasteiger partial charge is 0.363 e. The largest absolute Gasteiger partial charge is 0.481 e. The van der Waals surface area contributed by atoms with Crippen LogP contribution in [-0.4, -0.2) is 36.0 Å². The fourth-order valence-electron chi connectivity index (χ4n) is 1.99. The van der Waals surface area contributed by atoms with E-state index in [9.17, 15) is 14.3 Å². The van der Waals surface area contributed by atoms with Crippen molar-refractivity contribution in [2.75, 3.05) is 13.7 Å². The van der Waals surface area contributed by atoms with E-state index in [1.807, 2.05) is 0 Å². The number of aliphatic hydroxyl groups excluding tert-OH is 1. The number of ether oxygens (including phenoxy) is 1. The van der Waals surface area contributed by atoms with E-state index in [0.717, 1.165) is 5.56 Å². The number of halogens is 1. The Hall–Kier alpha value is -2.12. The van der Waals surface area contributed by atoms with Crippen molar-refractivity contribution in [2.45, 2.75) is 19.6 Å². The van der Waals surface area contributed by atoms with Gasteiger partial charge in [0.2, 0.25) is 0 Å². The quantitative estimate of drug-likeness (QED) is 0.633. The Bertz CT molecular complexity index is 544. The van der Waals surface area contributed by atoms with Crippen molar-refractivity contribution >= 4 is 5.97 Å². The molecule has 1 aromatic rings. The van der Waals surface area contributed by atoms with E-state index in [4.69, 9.17) is 9.57 Å². The van der Waals surface area contributed by atoms with Crippen LogP contribution in [0.1, 0.15) is 12.5 Å². The Morgan fingerprint density at radius 1 is 1.48 bits per heavy atom. The third-order valence-electron chi connectivity index (χ3n) is 3.01. The Morgan fingerprint density at radius 2 is 2.14 bits per heavy atom. The van der Waals surface area contributed by atoms with Gasteiger partial charge in [0, 0.05) is 13.6 Å². The molecule has 0 radical (unpaired) electrons. The van der Waals surface area contributed by atoms with Crippen molar-refractivity contribution in [1.82, 2.24) is 10.4 Å². The van der Waals surface area contributed by atoms with Gasteiger partial charge in [0.05, 0.1) is 6.61 Å². The molecule has 1 unspecified atom stereocenters. The average Bonchev–Trinajstić information content (AvgIpc) is 2.72. The highest BCUT2D eigenvalue weighted by Crippen LogP contribution is 2.22. The molecule has 0 saturated carbocycles. The van der Waals surface area contributed by atoms with Crippen LogP contribution in [0.3, 0.4) is 0 Å². The fourth-order valence-corrected chi connectivity index (χ4v) is 1.99. The molecule has 1 heterocycles. The summed E-state index contributed by atoms with van der Waals surface area (Å²) in [6.45, 7) is 2.30. The Labute approximate surface area is 121 Å². The van der Waals surface area contributed by atoms with Crippen molar-refractivity contribution in [2.24, 2.45) is 0 Å². The molecule has 1 aliphatic heterocycles. The van der Waals surface area contributed by atoms with Gasteiger partial charge in [-0.2, -0.15) is 0 Å². The average molecular weight is 296 g/mol. The van der Waals surface area contributed by atoms with Crippen LogP contribution in [0.15, 0.2) is 35.8 Å². The van der Waals surface area contributed by atoms with E-state index in [2.05, 4.69) is 5.32 Å². The second kappa shape index (κ2) is 6.55. The first-order chi connectivity index (χ1) is 10.0. The van der Waals surface area contributed by atoms with E-state index in [0.29, 0.717) is 6.54 Å². The van der Waals surface area contributed by atoms with Crippen LogP contribution in [-0.2, 0) is 20.9 Å². The summed E-state index contributed by atoms with van der Waals surface area (Å²) in [5.41, 5.74) is 0.848. The molecule has 2 rings (SSSR count). The number of nitrogens with one attached hydrogen (secondary N) is 1. The number of hydrogen-bond donors (Lipinski definition) is 2. The first-order valence-corrected chi connectivity index (χ1v) is 6.51. The van der Waals surface area contributed by atoms with Gasteiger partial charge in [0.1, 0.15) is 12.0 Å². The van der Waals surface area contributed by atoms with E-state index in [1.165, 1.54) is 17.2 Å². The molecule has 2 N–H and O–H groups in total. The van der Waals surface area contributed by atoms with Crippen LogP contribution in [0.2, 0.25) is 0 Å². The van der Waals surface area contributed by atoms with Crippen LogP contribution in [0.4, 0.5) is 4.39 Å². The van der Waals surface area contributed by atoms with Gasteiger partial charge in [-0.1, -0.05) is 12.1 Å². The number of nitrogens with zero attached hydrogens (tertiary/aromatic N) is 1. The first-order valence-electron chi connectivity index (χ1n) is 6.51. The molecule has 1 aliphatic rings. The summed E-state index contributed by atoms with van der Waals surface area (Å²) in [6, 6.07) is 5.97. The number of aliphatic hydroxyl groups is 1. The third kappa shape index (κ3) is 3.50. The summed E-state index contributed by atoms with van der Waals surface area (Å²) in [7, 11) is 1.56. The zero-order valence-corrected chi connectivity index (χ0v) is 11.8. The van der Waals surface area contributed by atoms with Gasteiger partial charge >= 0.3 is 5.97 Å².